The summed E-state index contributed by atoms with van der Waals surface area (Å²) in [6.45, 7) is 5.15. The van der Waals surface area contributed by atoms with Crippen molar-refractivity contribution in [3.8, 4) is 5.75 Å². The van der Waals surface area contributed by atoms with Crippen molar-refractivity contribution < 1.29 is 4.74 Å². The maximum Gasteiger partial charge on any atom is 0.119 e. The lowest BCUT2D eigenvalue weighted by atomic mass is 10.1. The maximum atomic E-state index is 5.69. The molecule has 78 valence electrons. The van der Waals surface area contributed by atoms with Gasteiger partial charge in [-0.15, -0.1) is 0 Å². The van der Waals surface area contributed by atoms with E-state index in [4.69, 9.17) is 4.74 Å². The van der Waals surface area contributed by atoms with E-state index < -0.39 is 0 Å². The lowest BCUT2D eigenvalue weighted by molar-refractivity contribution is 0.245. The maximum absolute atomic E-state index is 5.69. The fraction of sp³-hybridized carbons (Fsp3) is 0.500. The van der Waals surface area contributed by atoms with Gasteiger partial charge in [-0.05, 0) is 18.6 Å². The van der Waals surface area contributed by atoms with Gasteiger partial charge in [0.2, 0.25) is 0 Å². The van der Waals surface area contributed by atoms with Gasteiger partial charge in [0.1, 0.15) is 5.75 Å². The molecule has 0 saturated heterocycles. The number of hydrogen-bond donors (Lipinski definition) is 0. The second kappa shape index (κ2) is 6.07. The highest BCUT2D eigenvalue weighted by Gasteiger charge is 2.12. The van der Waals surface area contributed by atoms with Crippen LogP contribution >= 0.6 is 15.9 Å². The van der Waals surface area contributed by atoms with Crippen LogP contribution in [-0.4, -0.2) is 11.4 Å². The van der Waals surface area contributed by atoms with Crippen LogP contribution < -0.4 is 4.74 Å². The molecule has 0 aliphatic rings. The summed E-state index contributed by atoms with van der Waals surface area (Å²) in [5.41, 5.74) is 0. The summed E-state index contributed by atoms with van der Waals surface area (Å²) in [7, 11) is 0. The Morgan fingerprint density at radius 1 is 1.29 bits per heavy atom. The van der Waals surface area contributed by atoms with Gasteiger partial charge in [-0.3, -0.25) is 0 Å². The molecule has 0 radical (unpaired) electrons. The lowest BCUT2D eigenvalue weighted by Crippen LogP contribution is -2.18. The van der Waals surface area contributed by atoms with Gasteiger partial charge in [0.25, 0.3) is 0 Å². The highest BCUT2D eigenvalue weighted by Crippen LogP contribution is 2.18. The van der Waals surface area contributed by atoms with Crippen LogP contribution in [0.2, 0.25) is 0 Å². The van der Waals surface area contributed by atoms with Gasteiger partial charge >= 0.3 is 0 Å². The molecule has 2 unspecified atom stereocenters. The predicted octanol–water partition coefficient (Wildman–Crippen LogP) is 3.88. The van der Waals surface area contributed by atoms with Crippen LogP contribution in [-0.2, 0) is 0 Å². The first-order valence-electron chi connectivity index (χ1n) is 5.06. The molecule has 0 heterocycles. The van der Waals surface area contributed by atoms with E-state index in [0.717, 1.165) is 18.8 Å². The smallest absolute Gasteiger partial charge is 0.119 e. The largest absolute Gasteiger partial charge is 0.493 e. The summed E-state index contributed by atoms with van der Waals surface area (Å²) in [4.78, 5) is 0.510. The van der Waals surface area contributed by atoms with Crippen LogP contribution in [0.25, 0.3) is 0 Å². The van der Waals surface area contributed by atoms with Crippen molar-refractivity contribution in [2.75, 3.05) is 6.61 Å². The van der Waals surface area contributed by atoms with E-state index in [1.54, 1.807) is 0 Å². The van der Waals surface area contributed by atoms with Gasteiger partial charge < -0.3 is 4.74 Å². The van der Waals surface area contributed by atoms with Crippen molar-refractivity contribution in [2.24, 2.45) is 5.92 Å². The first-order chi connectivity index (χ1) is 6.74. The minimum Gasteiger partial charge on any atom is -0.493 e. The number of para-hydroxylation sites is 1. The first-order valence-corrected chi connectivity index (χ1v) is 5.97. The topological polar surface area (TPSA) is 9.23 Å². The van der Waals surface area contributed by atoms with Gasteiger partial charge in [-0.2, -0.15) is 0 Å². The average Bonchev–Trinajstić information content (AvgIpc) is 2.20. The Morgan fingerprint density at radius 3 is 2.43 bits per heavy atom. The number of hydrogen-bond acceptors (Lipinski definition) is 1. The Morgan fingerprint density at radius 2 is 1.93 bits per heavy atom. The standard InChI is InChI=1S/C12H17BrO/c1-3-11(10(2)13)9-14-12-7-5-4-6-8-12/h4-8,10-11H,3,9H2,1-2H3. The zero-order valence-electron chi connectivity index (χ0n) is 8.74. The molecule has 0 amide bonds. The molecule has 0 saturated carbocycles. The van der Waals surface area contributed by atoms with Crippen LogP contribution in [0.3, 0.4) is 0 Å². The van der Waals surface area contributed by atoms with E-state index in [9.17, 15) is 0 Å². The minimum absolute atomic E-state index is 0.510. The summed E-state index contributed by atoms with van der Waals surface area (Å²) >= 11 is 3.59. The number of halogens is 1. The van der Waals surface area contributed by atoms with Crippen molar-refractivity contribution in [1.82, 2.24) is 0 Å². The fourth-order valence-corrected chi connectivity index (χ4v) is 1.82. The number of alkyl halides is 1. The first kappa shape index (κ1) is 11.6. The molecule has 0 aliphatic heterocycles. The molecule has 0 spiro atoms. The molecular weight excluding hydrogens is 240 g/mol. The van der Waals surface area contributed by atoms with Crippen molar-refractivity contribution >= 4 is 15.9 Å². The Kier molecular flexibility index (Phi) is 5.02. The molecular formula is C12H17BrO. The number of ether oxygens (including phenoxy) is 1. The van der Waals surface area contributed by atoms with E-state index in [2.05, 4.69) is 29.8 Å². The average molecular weight is 257 g/mol. The molecule has 2 heteroatoms. The summed E-state index contributed by atoms with van der Waals surface area (Å²) in [5.74, 6) is 1.54. The van der Waals surface area contributed by atoms with Crippen molar-refractivity contribution in [2.45, 2.75) is 25.1 Å². The Balaban J connectivity index is 2.40. The Bertz CT molecular complexity index is 246. The van der Waals surface area contributed by atoms with E-state index >= 15 is 0 Å². The van der Waals surface area contributed by atoms with Crippen molar-refractivity contribution in [1.29, 1.82) is 0 Å². The Hall–Kier alpha value is -0.500. The van der Waals surface area contributed by atoms with Crippen LogP contribution in [0.5, 0.6) is 5.75 Å². The van der Waals surface area contributed by atoms with Crippen LogP contribution in [0.4, 0.5) is 0 Å². The molecule has 0 aliphatic carbocycles. The zero-order valence-corrected chi connectivity index (χ0v) is 10.3. The highest BCUT2D eigenvalue weighted by atomic mass is 79.9. The van der Waals surface area contributed by atoms with E-state index in [0.29, 0.717) is 10.7 Å². The lowest BCUT2D eigenvalue weighted by Gasteiger charge is -2.18. The van der Waals surface area contributed by atoms with E-state index in [1.165, 1.54) is 0 Å². The van der Waals surface area contributed by atoms with Crippen molar-refractivity contribution in [3.63, 3.8) is 0 Å². The number of benzene rings is 1. The van der Waals surface area contributed by atoms with Crippen LogP contribution in [0, 0.1) is 5.92 Å². The monoisotopic (exact) mass is 256 g/mol. The zero-order chi connectivity index (χ0) is 10.4. The third-order valence-corrected chi connectivity index (χ3v) is 3.13. The molecule has 1 nitrogen and oxygen atoms in total. The molecule has 14 heavy (non-hydrogen) atoms. The SMILES string of the molecule is CCC(COc1ccccc1)C(C)Br. The third-order valence-electron chi connectivity index (χ3n) is 2.38. The second-order valence-electron chi connectivity index (χ2n) is 3.47. The Labute approximate surface area is 94.6 Å². The summed E-state index contributed by atoms with van der Waals surface area (Å²) in [5, 5.41) is 0. The molecule has 1 rings (SSSR count). The van der Waals surface area contributed by atoms with E-state index in [-0.39, 0.29) is 0 Å². The van der Waals surface area contributed by atoms with Gasteiger partial charge in [-0.25, -0.2) is 0 Å². The highest BCUT2D eigenvalue weighted by molar-refractivity contribution is 9.09. The molecule has 1 aromatic carbocycles. The van der Waals surface area contributed by atoms with Gasteiger partial charge in [-0.1, -0.05) is 48.0 Å². The van der Waals surface area contributed by atoms with Crippen LogP contribution in [0.15, 0.2) is 30.3 Å². The molecule has 1 aromatic rings. The molecule has 0 aromatic heterocycles. The van der Waals surface area contributed by atoms with E-state index in [1.807, 2.05) is 30.3 Å². The minimum atomic E-state index is 0.510. The molecule has 0 fully saturated rings. The normalized spacial score (nSPS) is 14.8. The fourth-order valence-electron chi connectivity index (χ4n) is 1.30. The van der Waals surface area contributed by atoms with Crippen LogP contribution in [0.1, 0.15) is 20.3 Å². The quantitative estimate of drug-likeness (QED) is 0.727. The third kappa shape index (κ3) is 3.70. The summed E-state index contributed by atoms with van der Waals surface area (Å²) in [6, 6.07) is 9.97. The molecule has 0 bridgehead atoms. The molecule has 2 atom stereocenters. The summed E-state index contributed by atoms with van der Waals surface area (Å²) < 4.78 is 5.69. The summed E-state index contributed by atoms with van der Waals surface area (Å²) in [6.07, 6.45) is 1.14. The van der Waals surface area contributed by atoms with Gasteiger partial charge in [0.05, 0.1) is 6.61 Å². The van der Waals surface area contributed by atoms with Gasteiger partial charge in [0.15, 0.2) is 0 Å². The van der Waals surface area contributed by atoms with Gasteiger partial charge in [0, 0.05) is 10.7 Å². The van der Waals surface area contributed by atoms with Crippen molar-refractivity contribution in [3.05, 3.63) is 30.3 Å². The predicted molar refractivity (Wildman–Crippen MR) is 64.1 cm³/mol. The second-order valence-corrected chi connectivity index (χ2v) is 4.91. The number of rotatable bonds is 5. The molecule has 0 N–H and O–H groups in total.